The Morgan fingerprint density at radius 1 is 1.29 bits per heavy atom. The van der Waals surface area contributed by atoms with Crippen LogP contribution in [0.1, 0.15) is 0 Å². The van der Waals surface area contributed by atoms with Crippen molar-refractivity contribution in [3.05, 3.63) is 30.5 Å². The lowest BCUT2D eigenvalue weighted by Crippen LogP contribution is -2.10. The van der Waals surface area contributed by atoms with Gasteiger partial charge in [0.15, 0.2) is 0 Å². The second-order valence-electron chi connectivity index (χ2n) is 2.81. The molecule has 0 N–H and O–H groups in total. The molecule has 0 aliphatic carbocycles. The fourth-order valence-electron chi connectivity index (χ4n) is 1.21. The predicted octanol–water partition coefficient (Wildman–Crippen LogP) is 1.27. The second kappa shape index (κ2) is 3.59. The minimum absolute atomic E-state index is 0. The van der Waals surface area contributed by atoms with Gasteiger partial charge in [0.05, 0.1) is 18.0 Å². The first-order valence-corrected chi connectivity index (χ1v) is 5.57. The van der Waals surface area contributed by atoms with Crippen molar-refractivity contribution in [3.8, 4) is 0 Å². The molecule has 0 aliphatic rings. The number of aromatic nitrogens is 2. The summed E-state index contributed by atoms with van der Waals surface area (Å²) in [5, 5.41) is 4.62. The molecule has 1 aromatic heterocycles. The van der Waals surface area contributed by atoms with E-state index in [4.69, 9.17) is 0 Å². The molecule has 2 aromatic rings. The Kier molecular flexibility index (Phi) is 2.82. The van der Waals surface area contributed by atoms with E-state index in [2.05, 4.69) is 5.10 Å². The van der Waals surface area contributed by atoms with Crippen molar-refractivity contribution in [2.45, 2.75) is 0 Å². The first-order valence-electron chi connectivity index (χ1n) is 3.72. The molecule has 6 heteroatoms. The average molecular weight is 233 g/mol. The van der Waals surface area contributed by atoms with Gasteiger partial charge in [0.2, 0.25) is 0 Å². The van der Waals surface area contributed by atoms with E-state index in [1.54, 1.807) is 12.1 Å². The maximum Gasteiger partial charge on any atom is 0.251 e. The molecule has 4 nitrogen and oxygen atoms in total. The molecule has 0 amide bonds. The molecule has 0 saturated carbocycles. The van der Waals surface area contributed by atoms with Gasteiger partial charge in [0.25, 0.3) is 10.0 Å². The number of hydrogen-bond acceptors (Lipinski definition) is 3. The summed E-state index contributed by atoms with van der Waals surface area (Å²) in [6.45, 7) is 0. The SMILES string of the molecule is CS(=O)(=O)n1ncc2ccccc21.Cl. The first-order chi connectivity index (χ1) is 6.09. The van der Waals surface area contributed by atoms with Crippen LogP contribution in [0.4, 0.5) is 0 Å². The summed E-state index contributed by atoms with van der Waals surface area (Å²) >= 11 is 0. The first kappa shape index (κ1) is 11.0. The highest BCUT2D eigenvalue weighted by Gasteiger charge is 2.09. The van der Waals surface area contributed by atoms with Gasteiger partial charge in [0.1, 0.15) is 0 Å². The lowest BCUT2D eigenvalue weighted by molar-refractivity contribution is 0.588. The van der Waals surface area contributed by atoms with Crippen LogP contribution in [0, 0.1) is 0 Å². The van der Waals surface area contributed by atoms with Crippen LogP contribution in [0.2, 0.25) is 0 Å². The smallest absolute Gasteiger partial charge is 0.205 e. The maximum atomic E-state index is 11.2. The number of fused-ring (bicyclic) bond motifs is 1. The maximum absolute atomic E-state index is 11.2. The molecule has 0 radical (unpaired) electrons. The van der Waals surface area contributed by atoms with Crippen LogP contribution in [-0.4, -0.2) is 23.9 Å². The molecular weight excluding hydrogens is 224 g/mol. The molecule has 0 bridgehead atoms. The van der Waals surface area contributed by atoms with E-state index >= 15 is 0 Å². The van der Waals surface area contributed by atoms with Crippen molar-refractivity contribution >= 4 is 33.3 Å². The van der Waals surface area contributed by atoms with Crippen molar-refractivity contribution in [2.75, 3.05) is 6.26 Å². The number of para-hydroxylation sites is 1. The summed E-state index contributed by atoms with van der Waals surface area (Å²) in [4.78, 5) is 0. The van der Waals surface area contributed by atoms with Crippen LogP contribution in [0.5, 0.6) is 0 Å². The molecule has 0 atom stereocenters. The van der Waals surface area contributed by atoms with Crippen molar-refractivity contribution in [3.63, 3.8) is 0 Å². The minimum Gasteiger partial charge on any atom is -0.205 e. The predicted molar refractivity (Wildman–Crippen MR) is 57.2 cm³/mol. The lowest BCUT2D eigenvalue weighted by Gasteiger charge is -1.97. The average Bonchev–Trinajstić information content (AvgIpc) is 2.45. The Balaban J connectivity index is 0.000000980. The molecule has 0 spiro atoms. The van der Waals surface area contributed by atoms with E-state index in [-0.39, 0.29) is 12.4 Å². The van der Waals surface area contributed by atoms with Gasteiger partial charge in [-0.1, -0.05) is 18.2 Å². The fourth-order valence-corrected chi connectivity index (χ4v) is 1.95. The molecule has 0 unspecified atom stereocenters. The summed E-state index contributed by atoms with van der Waals surface area (Å²) in [6.07, 6.45) is 2.67. The Morgan fingerprint density at radius 2 is 1.93 bits per heavy atom. The topological polar surface area (TPSA) is 52.0 Å². The molecule has 0 fully saturated rings. The molecule has 1 aromatic carbocycles. The Labute approximate surface area is 88.0 Å². The van der Waals surface area contributed by atoms with E-state index in [1.165, 1.54) is 6.20 Å². The third-order valence-corrected chi connectivity index (χ3v) is 2.68. The van der Waals surface area contributed by atoms with Crippen LogP contribution >= 0.6 is 12.4 Å². The summed E-state index contributed by atoms with van der Waals surface area (Å²) in [5.41, 5.74) is 0.616. The van der Waals surface area contributed by atoms with E-state index in [0.29, 0.717) is 5.52 Å². The van der Waals surface area contributed by atoms with Crippen LogP contribution in [0.25, 0.3) is 10.9 Å². The van der Waals surface area contributed by atoms with Crippen LogP contribution in [0.15, 0.2) is 30.5 Å². The number of benzene rings is 1. The number of hydrogen-bond donors (Lipinski definition) is 0. The lowest BCUT2D eigenvalue weighted by atomic mass is 10.3. The normalized spacial score (nSPS) is 11.2. The molecule has 76 valence electrons. The van der Waals surface area contributed by atoms with E-state index in [9.17, 15) is 8.42 Å². The highest BCUT2D eigenvalue weighted by Crippen LogP contribution is 2.13. The zero-order valence-electron chi connectivity index (χ0n) is 7.41. The zero-order chi connectivity index (χ0) is 9.47. The Hall–Kier alpha value is -1.07. The van der Waals surface area contributed by atoms with Gasteiger partial charge in [-0.2, -0.15) is 9.19 Å². The van der Waals surface area contributed by atoms with Gasteiger partial charge >= 0.3 is 0 Å². The summed E-state index contributed by atoms with van der Waals surface area (Å²) < 4.78 is 23.4. The van der Waals surface area contributed by atoms with Gasteiger partial charge < -0.3 is 0 Å². The highest BCUT2D eigenvalue weighted by atomic mass is 35.5. The largest absolute Gasteiger partial charge is 0.251 e. The monoisotopic (exact) mass is 232 g/mol. The summed E-state index contributed by atoms with van der Waals surface area (Å²) in [5.74, 6) is 0. The van der Waals surface area contributed by atoms with Crippen molar-refractivity contribution in [2.24, 2.45) is 0 Å². The molecular formula is C8H9ClN2O2S. The zero-order valence-corrected chi connectivity index (χ0v) is 9.05. The van der Waals surface area contributed by atoms with E-state index in [1.807, 2.05) is 12.1 Å². The van der Waals surface area contributed by atoms with Crippen molar-refractivity contribution in [1.82, 2.24) is 9.19 Å². The third kappa shape index (κ3) is 1.73. The van der Waals surface area contributed by atoms with Crippen molar-refractivity contribution < 1.29 is 8.42 Å². The summed E-state index contributed by atoms with van der Waals surface area (Å²) in [6, 6.07) is 7.18. The fraction of sp³-hybridized carbons (Fsp3) is 0.125. The quantitative estimate of drug-likeness (QED) is 0.744. The van der Waals surface area contributed by atoms with Crippen LogP contribution in [0.3, 0.4) is 0 Å². The van der Waals surface area contributed by atoms with Crippen LogP contribution in [-0.2, 0) is 10.0 Å². The Bertz CT molecular complexity index is 547. The molecule has 0 saturated heterocycles. The van der Waals surface area contributed by atoms with E-state index in [0.717, 1.165) is 15.7 Å². The minimum atomic E-state index is -3.28. The number of halogens is 1. The van der Waals surface area contributed by atoms with Gasteiger partial charge in [-0.25, -0.2) is 8.42 Å². The van der Waals surface area contributed by atoms with Gasteiger partial charge in [-0.3, -0.25) is 0 Å². The van der Waals surface area contributed by atoms with Crippen molar-refractivity contribution in [1.29, 1.82) is 0 Å². The summed E-state index contributed by atoms with van der Waals surface area (Å²) in [7, 11) is -3.28. The molecule has 0 aliphatic heterocycles. The Morgan fingerprint density at radius 3 is 2.57 bits per heavy atom. The van der Waals surface area contributed by atoms with Gasteiger partial charge in [-0.15, -0.1) is 12.4 Å². The second-order valence-corrected chi connectivity index (χ2v) is 4.62. The standard InChI is InChI=1S/C8H8N2O2S.ClH/c1-13(11,12)10-8-5-3-2-4-7(8)6-9-10;/h2-6H,1H3;1H. The van der Waals surface area contributed by atoms with E-state index < -0.39 is 10.0 Å². The number of rotatable bonds is 1. The molecule has 2 rings (SSSR count). The number of nitrogens with zero attached hydrogens (tertiary/aromatic N) is 2. The highest BCUT2D eigenvalue weighted by molar-refractivity contribution is 7.89. The van der Waals surface area contributed by atoms with Gasteiger partial charge in [0, 0.05) is 5.39 Å². The molecule has 1 heterocycles. The third-order valence-electron chi connectivity index (χ3n) is 1.76. The van der Waals surface area contributed by atoms with Crippen LogP contribution < -0.4 is 0 Å². The molecule has 14 heavy (non-hydrogen) atoms. The van der Waals surface area contributed by atoms with Gasteiger partial charge in [-0.05, 0) is 6.07 Å².